The predicted molar refractivity (Wildman–Crippen MR) is 113 cm³/mol. The minimum absolute atomic E-state index is 0.248. The van der Waals surface area contributed by atoms with Gasteiger partial charge in [0.1, 0.15) is 12.3 Å². The first kappa shape index (κ1) is 24.9. The summed E-state index contributed by atoms with van der Waals surface area (Å²) in [6.07, 6.45) is 7.08. The Kier molecular flexibility index (Phi) is 13.9. The fourth-order valence-corrected chi connectivity index (χ4v) is 2.36. The minimum Gasteiger partial charge on any atom is -0.505 e. The Morgan fingerprint density at radius 3 is 2.41 bits per heavy atom. The molecule has 27 heavy (non-hydrogen) atoms. The number of allylic oxidation sites excluding steroid dienone is 1. The van der Waals surface area contributed by atoms with Crippen LogP contribution < -0.4 is 0 Å². The molecule has 0 aliphatic heterocycles. The number of hydrogen-bond acceptors (Lipinski definition) is 6. The summed E-state index contributed by atoms with van der Waals surface area (Å²) < 4.78 is 12.9. The number of methoxy groups -OCH3 is 2. The normalized spacial score (nSPS) is 11.1. The SMILES string of the molecule is CC.CC.CO/C=C/CC(C=N)n1c(COC)nnc1-c1ccc(Br)cn1. The maximum Gasteiger partial charge on any atom is 0.183 e. The van der Waals surface area contributed by atoms with Gasteiger partial charge in [0.25, 0.3) is 0 Å². The first-order valence-corrected chi connectivity index (χ1v) is 9.73. The zero-order valence-electron chi connectivity index (χ0n) is 16.9. The zero-order valence-corrected chi connectivity index (χ0v) is 18.5. The number of nitrogens with one attached hydrogen (secondary N) is 1. The van der Waals surface area contributed by atoms with Crippen molar-refractivity contribution in [3.63, 3.8) is 0 Å². The van der Waals surface area contributed by atoms with Crippen molar-refractivity contribution in [1.29, 1.82) is 5.41 Å². The highest BCUT2D eigenvalue weighted by Gasteiger charge is 2.20. The van der Waals surface area contributed by atoms with E-state index in [0.717, 1.165) is 4.47 Å². The second kappa shape index (κ2) is 15.0. The molecule has 1 atom stereocenters. The molecule has 0 aliphatic rings. The molecule has 1 unspecified atom stereocenters. The maximum atomic E-state index is 7.75. The quantitative estimate of drug-likeness (QED) is 0.459. The van der Waals surface area contributed by atoms with Crippen LogP contribution in [-0.4, -0.2) is 40.2 Å². The Morgan fingerprint density at radius 1 is 1.19 bits per heavy atom. The van der Waals surface area contributed by atoms with E-state index in [2.05, 4.69) is 31.1 Å². The van der Waals surface area contributed by atoms with Gasteiger partial charge in [0.2, 0.25) is 0 Å². The van der Waals surface area contributed by atoms with Gasteiger partial charge in [-0.05, 0) is 40.6 Å². The van der Waals surface area contributed by atoms with Gasteiger partial charge in [-0.25, -0.2) is 0 Å². The van der Waals surface area contributed by atoms with Gasteiger partial charge >= 0.3 is 0 Å². The van der Waals surface area contributed by atoms with Crippen molar-refractivity contribution in [1.82, 2.24) is 19.7 Å². The molecule has 1 N–H and O–H groups in total. The molecule has 0 radical (unpaired) electrons. The van der Waals surface area contributed by atoms with Crippen LogP contribution in [0, 0.1) is 5.41 Å². The molecular formula is C19H30BrN5O2. The van der Waals surface area contributed by atoms with Crippen LogP contribution in [0.1, 0.15) is 46.0 Å². The fourth-order valence-electron chi connectivity index (χ4n) is 2.12. The van der Waals surface area contributed by atoms with Gasteiger partial charge in [0.05, 0.1) is 19.4 Å². The van der Waals surface area contributed by atoms with Gasteiger partial charge < -0.3 is 14.9 Å². The van der Waals surface area contributed by atoms with Crippen LogP contribution >= 0.6 is 15.9 Å². The van der Waals surface area contributed by atoms with E-state index in [-0.39, 0.29) is 6.04 Å². The molecule has 150 valence electrons. The zero-order chi connectivity index (χ0) is 20.7. The predicted octanol–water partition coefficient (Wildman–Crippen LogP) is 5.04. The first-order valence-electron chi connectivity index (χ1n) is 8.94. The molecule has 0 fully saturated rings. The summed E-state index contributed by atoms with van der Waals surface area (Å²) in [5, 5.41) is 16.2. The van der Waals surface area contributed by atoms with E-state index in [1.807, 2.05) is 50.5 Å². The van der Waals surface area contributed by atoms with Crippen molar-refractivity contribution < 1.29 is 9.47 Å². The van der Waals surface area contributed by atoms with Crippen molar-refractivity contribution in [2.24, 2.45) is 0 Å². The topological polar surface area (TPSA) is 85.9 Å². The minimum atomic E-state index is -0.248. The third kappa shape index (κ3) is 7.60. The molecule has 0 bridgehead atoms. The van der Waals surface area contributed by atoms with Crippen LogP contribution in [0.15, 0.2) is 35.1 Å². The number of hydrogen-bond donors (Lipinski definition) is 1. The number of rotatable bonds is 8. The Bertz CT molecular complexity index is 671. The molecule has 7 nitrogen and oxygen atoms in total. The van der Waals surface area contributed by atoms with E-state index in [4.69, 9.17) is 14.9 Å². The maximum absolute atomic E-state index is 7.75. The number of ether oxygens (including phenoxy) is 2. The van der Waals surface area contributed by atoms with E-state index in [1.165, 1.54) is 6.21 Å². The van der Waals surface area contributed by atoms with E-state index < -0.39 is 0 Å². The lowest BCUT2D eigenvalue weighted by Crippen LogP contribution is -2.15. The van der Waals surface area contributed by atoms with Crippen molar-refractivity contribution in [2.45, 2.75) is 46.8 Å². The Morgan fingerprint density at radius 2 is 1.89 bits per heavy atom. The average molecular weight is 440 g/mol. The summed E-state index contributed by atoms with van der Waals surface area (Å²) in [5.41, 5.74) is 0.686. The van der Waals surface area contributed by atoms with Crippen LogP contribution in [0.4, 0.5) is 0 Å². The second-order valence-electron chi connectivity index (χ2n) is 4.68. The highest BCUT2D eigenvalue weighted by molar-refractivity contribution is 9.10. The van der Waals surface area contributed by atoms with E-state index >= 15 is 0 Å². The van der Waals surface area contributed by atoms with E-state index in [9.17, 15) is 0 Å². The molecule has 0 saturated carbocycles. The third-order valence-corrected chi connectivity index (χ3v) is 3.60. The van der Waals surface area contributed by atoms with Gasteiger partial charge in [-0.2, -0.15) is 0 Å². The van der Waals surface area contributed by atoms with Crippen LogP contribution in [-0.2, 0) is 16.1 Å². The Hall–Kier alpha value is -2.06. The van der Waals surface area contributed by atoms with E-state index in [0.29, 0.717) is 30.4 Å². The average Bonchev–Trinajstić information content (AvgIpc) is 3.13. The molecule has 0 aromatic carbocycles. The van der Waals surface area contributed by atoms with E-state index in [1.54, 1.807) is 26.7 Å². The summed E-state index contributed by atoms with van der Waals surface area (Å²) >= 11 is 3.37. The molecule has 2 aromatic heterocycles. The van der Waals surface area contributed by atoms with Crippen molar-refractivity contribution in [2.75, 3.05) is 14.2 Å². The number of halogens is 1. The largest absolute Gasteiger partial charge is 0.505 e. The molecule has 8 heteroatoms. The van der Waals surface area contributed by atoms with Gasteiger partial charge in [-0.1, -0.05) is 27.7 Å². The molecule has 0 aliphatic carbocycles. The highest BCUT2D eigenvalue weighted by Crippen LogP contribution is 2.24. The lowest BCUT2D eigenvalue weighted by atomic mass is 10.2. The molecule has 0 saturated heterocycles. The summed E-state index contributed by atoms with van der Waals surface area (Å²) in [5.74, 6) is 1.25. The second-order valence-corrected chi connectivity index (χ2v) is 5.60. The van der Waals surface area contributed by atoms with Crippen molar-refractivity contribution >= 4 is 22.1 Å². The summed E-state index contributed by atoms with van der Waals surface area (Å²) in [6.45, 7) is 8.31. The van der Waals surface area contributed by atoms with Gasteiger partial charge in [-0.15, -0.1) is 10.2 Å². The molecule has 0 amide bonds. The number of aromatic nitrogens is 4. The van der Waals surface area contributed by atoms with Crippen LogP contribution in [0.5, 0.6) is 0 Å². The first-order chi connectivity index (χ1) is 13.2. The fraction of sp³-hybridized carbons (Fsp3) is 0.474. The lowest BCUT2D eigenvalue weighted by Gasteiger charge is -2.16. The molecule has 2 rings (SSSR count). The summed E-state index contributed by atoms with van der Waals surface area (Å²) in [7, 11) is 3.18. The van der Waals surface area contributed by atoms with Gasteiger partial charge in [-0.3, -0.25) is 9.55 Å². The highest BCUT2D eigenvalue weighted by atomic mass is 79.9. The third-order valence-electron chi connectivity index (χ3n) is 3.13. The Balaban J connectivity index is 0.00000158. The molecular weight excluding hydrogens is 410 g/mol. The summed E-state index contributed by atoms with van der Waals surface area (Å²) in [4.78, 5) is 4.37. The van der Waals surface area contributed by atoms with Gasteiger partial charge in [0.15, 0.2) is 11.6 Å². The smallest absolute Gasteiger partial charge is 0.183 e. The molecule has 0 spiro atoms. The molecule has 2 aromatic rings. The van der Waals surface area contributed by atoms with Crippen molar-refractivity contribution in [3.8, 4) is 11.5 Å². The van der Waals surface area contributed by atoms with Crippen LogP contribution in [0.25, 0.3) is 11.5 Å². The van der Waals surface area contributed by atoms with Crippen molar-refractivity contribution in [3.05, 3.63) is 41.0 Å². The number of nitrogens with zero attached hydrogens (tertiary/aromatic N) is 4. The molecule has 2 heterocycles. The Labute approximate surface area is 170 Å². The van der Waals surface area contributed by atoms with Crippen LogP contribution in [0.2, 0.25) is 0 Å². The monoisotopic (exact) mass is 439 g/mol. The standard InChI is InChI=1S/C15H18BrN5O2.2C2H6/c1-22-7-3-4-12(8-17)21-14(10-23-2)19-20-15(21)13-6-5-11(16)9-18-13;2*1-2/h3,5-9,12,17H,4,10H2,1-2H3;2*1-2H3/b7-3+,17-8?;;. The summed E-state index contributed by atoms with van der Waals surface area (Å²) in [6, 6.07) is 3.50. The number of pyridine rings is 1. The van der Waals surface area contributed by atoms with Gasteiger partial charge in [0, 0.05) is 24.0 Å². The lowest BCUT2D eigenvalue weighted by molar-refractivity contribution is 0.173. The van der Waals surface area contributed by atoms with Crippen LogP contribution in [0.3, 0.4) is 0 Å².